The molecular weight excluding hydrogens is 358 g/mol. The molecule has 9 heteroatoms. The highest BCUT2D eigenvalue weighted by atomic mass is 32.2. The molecule has 0 aliphatic carbocycles. The molecule has 0 amide bonds. The number of nitrogens with one attached hydrogen (secondary N) is 1. The average molecular weight is 381 g/mol. The van der Waals surface area contributed by atoms with Crippen molar-refractivity contribution in [3.8, 4) is 11.4 Å². The number of hydrogen-bond donors (Lipinski definition) is 2. The van der Waals surface area contributed by atoms with Crippen molar-refractivity contribution in [2.75, 3.05) is 7.11 Å². The van der Waals surface area contributed by atoms with Crippen LogP contribution in [0.15, 0.2) is 41.6 Å². The van der Waals surface area contributed by atoms with Crippen LogP contribution in [0.1, 0.15) is 26.7 Å². The van der Waals surface area contributed by atoms with Crippen LogP contribution in [0.25, 0.3) is 5.69 Å². The van der Waals surface area contributed by atoms with Crippen LogP contribution in [0.2, 0.25) is 0 Å². The number of sulfonamides is 1. The zero-order chi connectivity index (χ0) is 19.3. The van der Waals surface area contributed by atoms with Gasteiger partial charge in [0.2, 0.25) is 10.0 Å². The van der Waals surface area contributed by atoms with Crippen molar-refractivity contribution in [3.63, 3.8) is 0 Å². The average Bonchev–Trinajstić information content (AvgIpc) is 3.11. The largest absolute Gasteiger partial charge is 0.494 e. The first kappa shape index (κ1) is 19.9. The van der Waals surface area contributed by atoms with Crippen molar-refractivity contribution >= 4 is 16.0 Å². The van der Waals surface area contributed by atoms with Crippen LogP contribution in [0, 0.1) is 5.92 Å². The van der Waals surface area contributed by atoms with Gasteiger partial charge < -0.3 is 9.84 Å². The van der Waals surface area contributed by atoms with Crippen molar-refractivity contribution in [1.29, 1.82) is 0 Å². The summed E-state index contributed by atoms with van der Waals surface area (Å²) in [6, 6.07) is 5.84. The molecule has 142 valence electrons. The summed E-state index contributed by atoms with van der Waals surface area (Å²) in [6.07, 6.45) is 3.47. The monoisotopic (exact) mass is 381 g/mol. The van der Waals surface area contributed by atoms with Crippen molar-refractivity contribution in [1.82, 2.24) is 14.5 Å². The van der Waals surface area contributed by atoms with E-state index in [1.165, 1.54) is 24.2 Å². The van der Waals surface area contributed by atoms with Gasteiger partial charge in [-0.3, -0.25) is 4.79 Å². The molecule has 0 bridgehead atoms. The van der Waals surface area contributed by atoms with E-state index in [9.17, 15) is 18.3 Å². The van der Waals surface area contributed by atoms with Crippen LogP contribution in [0.3, 0.4) is 0 Å². The van der Waals surface area contributed by atoms with E-state index in [4.69, 9.17) is 4.74 Å². The Morgan fingerprint density at radius 1 is 1.38 bits per heavy atom. The molecule has 0 fully saturated rings. The van der Waals surface area contributed by atoms with E-state index in [0.29, 0.717) is 11.4 Å². The zero-order valence-electron chi connectivity index (χ0n) is 14.9. The molecule has 2 aromatic rings. The van der Waals surface area contributed by atoms with Crippen LogP contribution in [0.5, 0.6) is 5.75 Å². The van der Waals surface area contributed by atoms with Crippen molar-refractivity contribution < 1.29 is 23.1 Å². The van der Waals surface area contributed by atoms with E-state index in [1.807, 2.05) is 13.8 Å². The Morgan fingerprint density at radius 2 is 2.08 bits per heavy atom. The fourth-order valence-electron chi connectivity index (χ4n) is 2.42. The number of carboxylic acid groups (broad SMARTS) is 1. The van der Waals surface area contributed by atoms with Crippen molar-refractivity contribution in [2.45, 2.75) is 37.6 Å². The third kappa shape index (κ3) is 4.61. The molecule has 2 rings (SSSR count). The third-order valence-corrected chi connectivity index (χ3v) is 5.56. The van der Waals surface area contributed by atoms with Gasteiger partial charge in [-0.05, 0) is 24.5 Å². The summed E-state index contributed by atoms with van der Waals surface area (Å²) in [5.41, 5.74) is 0.575. The van der Waals surface area contributed by atoms with E-state index in [2.05, 4.69) is 9.82 Å². The number of rotatable bonds is 9. The van der Waals surface area contributed by atoms with Crippen LogP contribution >= 0.6 is 0 Å². The summed E-state index contributed by atoms with van der Waals surface area (Å²) in [6.45, 7) is 3.80. The number of hydrogen-bond acceptors (Lipinski definition) is 5. The van der Waals surface area contributed by atoms with E-state index in [0.717, 1.165) is 6.42 Å². The molecule has 0 saturated carbocycles. The summed E-state index contributed by atoms with van der Waals surface area (Å²) in [7, 11) is -2.51. The summed E-state index contributed by atoms with van der Waals surface area (Å²) < 4.78 is 34.0. The van der Waals surface area contributed by atoms with Gasteiger partial charge in [0.15, 0.2) is 0 Å². The first-order valence-electron chi connectivity index (χ1n) is 8.21. The Kier molecular flexibility index (Phi) is 6.38. The second kappa shape index (κ2) is 8.33. The fraction of sp³-hybridized carbons (Fsp3) is 0.412. The standard InChI is InChI=1S/C17H23N3O5S/c1-4-12(2)9-14(17(21)22)19-26(23,24)13-10-18-20(11-13)15-7-5-6-8-16(15)25-3/h5-8,10-12,14,19H,4,9H2,1-3H3,(H,21,22). The number of carbonyl (C=O) groups is 1. The maximum absolute atomic E-state index is 12.6. The van der Waals surface area contributed by atoms with Gasteiger partial charge in [0, 0.05) is 0 Å². The zero-order valence-corrected chi connectivity index (χ0v) is 15.7. The molecule has 8 nitrogen and oxygen atoms in total. The number of aliphatic carboxylic acids is 1. The molecule has 0 spiro atoms. The summed E-state index contributed by atoms with van der Waals surface area (Å²) in [5.74, 6) is -0.589. The minimum atomic E-state index is -4.02. The molecular formula is C17H23N3O5S. The minimum absolute atomic E-state index is 0.0788. The maximum Gasteiger partial charge on any atom is 0.321 e. The van der Waals surface area contributed by atoms with E-state index in [1.54, 1.807) is 24.3 Å². The summed E-state index contributed by atoms with van der Waals surface area (Å²) in [4.78, 5) is 11.3. The number of methoxy groups -OCH3 is 1. The lowest BCUT2D eigenvalue weighted by molar-refractivity contribution is -0.139. The lowest BCUT2D eigenvalue weighted by Gasteiger charge is -2.17. The number of ether oxygens (including phenoxy) is 1. The predicted octanol–water partition coefficient (Wildman–Crippen LogP) is 2.05. The number of benzene rings is 1. The van der Waals surface area contributed by atoms with E-state index >= 15 is 0 Å². The molecule has 1 heterocycles. The molecule has 2 unspecified atom stereocenters. The first-order valence-corrected chi connectivity index (χ1v) is 9.70. The molecule has 0 radical (unpaired) electrons. The highest BCUT2D eigenvalue weighted by molar-refractivity contribution is 7.89. The van der Waals surface area contributed by atoms with Crippen LogP contribution in [0.4, 0.5) is 0 Å². The quantitative estimate of drug-likeness (QED) is 0.688. The van der Waals surface area contributed by atoms with Gasteiger partial charge in [0.25, 0.3) is 0 Å². The smallest absolute Gasteiger partial charge is 0.321 e. The van der Waals surface area contributed by atoms with Gasteiger partial charge >= 0.3 is 5.97 Å². The number of carboxylic acids is 1. The van der Waals surface area contributed by atoms with Gasteiger partial charge in [-0.25, -0.2) is 13.1 Å². The molecule has 0 saturated heterocycles. The number of aromatic nitrogens is 2. The van der Waals surface area contributed by atoms with Crippen LogP contribution in [-0.2, 0) is 14.8 Å². The van der Waals surface area contributed by atoms with Crippen LogP contribution in [-0.4, -0.2) is 42.4 Å². The SMILES string of the molecule is CCC(C)CC(NS(=O)(=O)c1cnn(-c2ccccc2OC)c1)C(=O)O. The molecule has 26 heavy (non-hydrogen) atoms. The summed E-state index contributed by atoms with van der Waals surface area (Å²) >= 11 is 0. The molecule has 0 aliphatic rings. The lowest BCUT2D eigenvalue weighted by Crippen LogP contribution is -2.41. The van der Waals surface area contributed by atoms with Crippen LogP contribution < -0.4 is 9.46 Å². The van der Waals surface area contributed by atoms with Gasteiger partial charge in [0.1, 0.15) is 22.4 Å². The van der Waals surface area contributed by atoms with Crippen molar-refractivity contribution in [3.05, 3.63) is 36.7 Å². The van der Waals surface area contributed by atoms with Gasteiger partial charge in [-0.2, -0.15) is 9.82 Å². The Morgan fingerprint density at radius 3 is 2.69 bits per heavy atom. The highest BCUT2D eigenvalue weighted by Crippen LogP contribution is 2.22. The first-order chi connectivity index (χ1) is 12.3. The van der Waals surface area contributed by atoms with Gasteiger partial charge in [-0.15, -0.1) is 0 Å². The Labute approximate surface area is 152 Å². The normalized spacial score (nSPS) is 14.0. The second-order valence-electron chi connectivity index (χ2n) is 6.05. The Bertz CT molecular complexity index is 863. The minimum Gasteiger partial charge on any atom is -0.494 e. The number of nitrogens with zero attached hydrogens (tertiary/aromatic N) is 2. The van der Waals surface area contributed by atoms with E-state index < -0.39 is 22.0 Å². The van der Waals surface area contributed by atoms with Gasteiger partial charge in [0.05, 0.1) is 19.5 Å². The van der Waals surface area contributed by atoms with Gasteiger partial charge in [-0.1, -0.05) is 32.4 Å². The molecule has 1 aromatic heterocycles. The fourth-order valence-corrected chi connectivity index (χ4v) is 3.55. The molecule has 2 atom stereocenters. The van der Waals surface area contributed by atoms with Crippen molar-refractivity contribution in [2.24, 2.45) is 5.92 Å². The molecule has 2 N–H and O–H groups in total. The Balaban J connectivity index is 2.27. The lowest BCUT2D eigenvalue weighted by atomic mass is 10.0. The van der Waals surface area contributed by atoms with E-state index in [-0.39, 0.29) is 17.2 Å². The topological polar surface area (TPSA) is 111 Å². The second-order valence-corrected chi connectivity index (χ2v) is 7.77. The number of para-hydroxylation sites is 2. The third-order valence-electron chi connectivity index (χ3n) is 4.13. The molecule has 1 aromatic carbocycles. The maximum atomic E-state index is 12.6. The summed E-state index contributed by atoms with van der Waals surface area (Å²) in [5, 5.41) is 13.4. The highest BCUT2D eigenvalue weighted by Gasteiger charge is 2.27. The molecule has 0 aliphatic heterocycles. The predicted molar refractivity (Wildman–Crippen MR) is 95.9 cm³/mol. The Hall–Kier alpha value is -2.39.